The number of allylic oxidation sites excluding steroid dienone is 1. The normalized spacial score (nSPS) is 16.7. The van der Waals surface area contributed by atoms with Gasteiger partial charge >= 0.3 is 6.03 Å². The highest BCUT2D eigenvalue weighted by Crippen LogP contribution is 2.19. The lowest BCUT2D eigenvalue weighted by molar-refractivity contribution is -0.123. The van der Waals surface area contributed by atoms with E-state index in [9.17, 15) is 9.59 Å². The smallest absolute Gasteiger partial charge is 0.312 e. The summed E-state index contributed by atoms with van der Waals surface area (Å²) in [6, 6.07) is -1.22. The Balaban J connectivity index is 2.35. The van der Waals surface area contributed by atoms with Crippen molar-refractivity contribution in [2.24, 2.45) is 11.7 Å². The molecule has 1 rings (SSSR count). The fourth-order valence-corrected chi connectivity index (χ4v) is 2.28. The average Bonchev–Trinajstić information content (AvgIpc) is 2.36. The Morgan fingerprint density at radius 3 is 2.63 bits per heavy atom. The summed E-state index contributed by atoms with van der Waals surface area (Å²) < 4.78 is 0. The maximum Gasteiger partial charge on any atom is 0.312 e. The summed E-state index contributed by atoms with van der Waals surface area (Å²) in [5, 5.41) is 5.35. The lowest BCUT2D eigenvalue weighted by Crippen LogP contribution is -2.51. The van der Waals surface area contributed by atoms with Crippen LogP contribution < -0.4 is 16.4 Å². The minimum absolute atomic E-state index is 0.0152. The van der Waals surface area contributed by atoms with E-state index in [2.05, 4.69) is 16.7 Å². The zero-order valence-corrected chi connectivity index (χ0v) is 11.9. The summed E-state index contributed by atoms with van der Waals surface area (Å²) in [6.07, 6.45) is 7.99. The van der Waals surface area contributed by atoms with Gasteiger partial charge in [0, 0.05) is 6.54 Å². The molecule has 1 aliphatic rings. The third-order valence-corrected chi connectivity index (χ3v) is 3.38. The number of carbonyl (C=O) groups excluding carboxylic acids is 2. The molecule has 0 bridgehead atoms. The van der Waals surface area contributed by atoms with E-state index < -0.39 is 12.1 Å². The fraction of sp³-hybridized carbons (Fsp3) is 0.714. The molecule has 3 amide bonds. The van der Waals surface area contributed by atoms with Crippen molar-refractivity contribution >= 4 is 11.9 Å². The third-order valence-electron chi connectivity index (χ3n) is 3.38. The topological polar surface area (TPSA) is 84.2 Å². The average molecular weight is 267 g/mol. The van der Waals surface area contributed by atoms with Crippen molar-refractivity contribution in [3.8, 4) is 0 Å². The van der Waals surface area contributed by atoms with Gasteiger partial charge in [0.15, 0.2) is 0 Å². The van der Waals surface area contributed by atoms with E-state index in [1.54, 1.807) is 0 Å². The van der Waals surface area contributed by atoms with Crippen LogP contribution in [-0.4, -0.2) is 24.5 Å². The van der Waals surface area contributed by atoms with E-state index in [0.717, 1.165) is 19.3 Å². The largest absolute Gasteiger partial charge is 0.354 e. The van der Waals surface area contributed by atoms with Gasteiger partial charge in [0.1, 0.15) is 6.04 Å². The minimum atomic E-state index is -0.663. The summed E-state index contributed by atoms with van der Waals surface area (Å²) in [4.78, 5) is 22.8. The van der Waals surface area contributed by atoms with Crippen LogP contribution in [-0.2, 0) is 4.79 Å². The quantitative estimate of drug-likeness (QED) is 0.640. The Bertz CT molecular complexity index is 351. The zero-order valence-electron chi connectivity index (χ0n) is 11.9. The van der Waals surface area contributed by atoms with Gasteiger partial charge in [0.05, 0.1) is 0 Å². The SMILES string of the molecule is CC(C)[C@H](NC(N)=O)C(=O)NCCC1=CCCCC1. The Morgan fingerprint density at radius 1 is 1.37 bits per heavy atom. The Morgan fingerprint density at radius 2 is 2.11 bits per heavy atom. The first kappa shape index (κ1) is 15.5. The molecule has 108 valence electrons. The Hall–Kier alpha value is -1.52. The molecule has 0 spiro atoms. The molecule has 0 fully saturated rings. The van der Waals surface area contributed by atoms with Crippen LogP contribution in [0.4, 0.5) is 4.79 Å². The zero-order chi connectivity index (χ0) is 14.3. The summed E-state index contributed by atoms with van der Waals surface area (Å²) in [6.45, 7) is 4.38. The summed E-state index contributed by atoms with van der Waals surface area (Å²) >= 11 is 0. The number of hydrogen-bond acceptors (Lipinski definition) is 2. The number of rotatable bonds is 6. The Labute approximate surface area is 115 Å². The molecular weight excluding hydrogens is 242 g/mol. The van der Waals surface area contributed by atoms with Crippen molar-refractivity contribution in [3.63, 3.8) is 0 Å². The molecule has 0 aliphatic heterocycles. The predicted octanol–water partition coefficient (Wildman–Crippen LogP) is 1.69. The number of primary amides is 1. The number of nitrogens with one attached hydrogen (secondary N) is 2. The number of hydrogen-bond donors (Lipinski definition) is 3. The van der Waals surface area contributed by atoms with E-state index in [1.807, 2.05) is 13.8 Å². The monoisotopic (exact) mass is 267 g/mol. The van der Waals surface area contributed by atoms with Gasteiger partial charge in [-0.05, 0) is 38.0 Å². The number of urea groups is 1. The molecule has 5 heteroatoms. The first-order valence-corrected chi connectivity index (χ1v) is 7.02. The second-order valence-electron chi connectivity index (χ2n) is 5.38. The van der Waals surface area contributed by atoms with Crippen molar-refractivity contribution in [1.29, 1.82) is 0 Å². The van der Waals surface area contributed by atoms with Gasteiger partial charge in [0.2, 0.25) is 5.91 Å². The van der Waals surface area contributed by atoms with Crippen molar-refractivity contribution < 1.29 is 9.59 Å². The van der Waals surface area contributed by atoms with Crippen molar-refractivity contribution in [2.75, 3.05) is 6.54 Å². The highest BCUT2D eigenvalue weighted by molar-refractivity contribution is 5.86. The van der Waals surface area contributed by atoms with Crippen LogP contribution in [0.2, 0.25) is 0 Å². The van der Waals surface area contributed by atoms with Crippen LogP contribution in [0, 0.1) is 5.92 Å². The first-order chi connectivity index (χ1) is 9.00. The molecule has 0 aromatic carbocycles. The van der Waals surface area contributed by atoms with E-state index in [4.69, 9.17) is 5.73 Å². The first-order valence-electron chi connectivity index (χ1n) is 7.02. The molecular formula is C14H25N3O2. The fourth-order valence-electron chi connectivity index (χ4n) is 2.28. The highest BCUT2D eigenvalue weighted by Gasteiger charge is 2.22. The van der Waals surface area contributed by atoms with Crippen molar-refractivity contribution in [2.45, 2.75) is 52.0 Å². The molecule has 19 heavy (non-hydrogen) atoms. The van der Waals surface area contributed by atoms with Gasteiger partial charge in [-0.2, -0.15) is 0 Å². The summed E-state index contributed by atoms with van der Waals surface area (Å²) in [7, 11) is 0. The molecule has 0 aromatic heterocycles. The standard InChI is InChI=1S/C14H25N3O2/c1-10(2)12(17-14(15)19)13(18)16-9-8-11-6-4-3-5-7-11/h6,10,12H,3-5,7-9H2,1-2H3,(H,16,18)(H3,15,17,19)/t12-/m0/s1. The molecule has 0 unspecified atom stereocenters. The predicted molar refractivity (Wildman–Crippen MR) is 75.5 cm³/mol. The summed E-state index contributed by atoms with van der Waals surface area (Å²) in [5.41, 5.74) is 6.50. The molecule has 0 heterocycles. The number of nitrogens with two attached hydrogens (primary N) is 1. The van der Waals surface area contributed by atoms with Crippen molar-refractivity contribution in [3.05, 3.63) is 11.6 Å². The molecule has 1 atom stereocenters. The van der Waals surface area contributed by atoms with Gasteiger partial charge in [-0.25, -0.2) is 4.79 Å². The molecule has 0 radical (unpaired) electrons. The van der Waals surface area contributed by atoms with E-state index in [-0.39, 0.29) is 11.8 Å². The van der Waals surface area contributed by atoms with Gasteiger partial charge in [-0.3, -0.25) is 4.79 Å². The number of amides is 3. The molecule has 4 N–H and O–H groups in total. The van der Waals surface area contributed by atoms with Crippen LogP contribution >= 0.6 is 0 Å². The van der Waals surface area contributed by atoms with E-state index in [1.165, 1.54) is 18.4 Å². The van der Waals surface area contributed by atoms with Crippen LogP contribution in [0.3, 0.4) is 0 Å². The van der Waals surface area contributed by atoms with Crippen LogP contribution in [0.1, 0.15) is 46.0 Å². The van der Waals surface area contributed by atoms with Gasteiger partial charge in [0.25, 0.3) is 0 Å². The van der Waals surface area contributed by atoms with E-state index >= 15 is 0 Å². The van der Waals surface area contributed by atoms with Gasteiger partial charge in [-0.1, -0.05) is 25.5 Å². The van der Waals surface area contributed by atoms with Crippen LogP contribution in [0.5, 0.6) is 0 Å². The Kier molecular flexibility index (Phi) is 6.39. The third kappa shape index (κ3) is 5.77. The van der Waals surface area contributed by atoms with Gasteiger partial charge < -0.3 is 16.4 Å². The molecule has 0 saturated heterocycles. The van der Waals surface area contributed by atoms with Crippen molar-refractivity contribution in [1.82, 2.24) is 10.6 Å². The molecule has 0 aromatic rings. The van der Waals surface area contributed by atoms with Crippen LogP contribution in [0.15, 0.2) is 11.6 Å². The van der Waals surface area contributed by atoms with Gasteiger partial charge in [-0.15, -0.1) is 0 Å². The maximum absolute atomic E-state index is 12.0. The maximum atomic E-state index is 12.0. The molecule has 5 nitrogen and oxygen atoms in total. The highest BCUT2D eigenvalue weighted by atomic mass is 16.2. The minimum Gasteiger partial charge on any atom is -0.354 e. The lowest BCUT2D eigenvalue weighted by Gasteiger charge is -2.21. The number of carbonyl (C=O) groups is 2. The molecule has 0 saturated carbocycles. The second kappa shape index (κ2) is 7.81. The lowest BCUT2D eigenvalue weighted by atomic mass is 9.97. The second-order valence-corrected chi connectivity index (χ2v) is 5.38. The molecule has 1 aliphatic carbocycles. The van der Waals surface area contributed by atoms with E-state index in [0.29, 0.717) is 6.54 Å². The van der Waals surface area contributed by atoms with Crippen LogP contribution in [0.25, 0.3) is 0 Å². The summed E-state index contributed by atoms with van der Waals surface area (Å²) in [5.74, 6) is -0.147.